The Labute approximate surface area is 282 Å². The minimum Gasteiger partial charge on any atom is -0.444 e. The summed E-state index contributed by atoms with van der Waals surface area (Å²) in [6, 6.07) is 9.73. The first kappa shape index (κ1) is 35.6. The number of carbonyl (C=O) groups excluding carboxylic acids is 1. The van der Waals surface area contributed by atoms with Gasteiger partial charge in [0.2, 0.25) is 16.0 Å². The van der Waals surface area contributed by atoms with Gasteiger partial charge in [-0.3, -0.25) is 14.1 Å². The molecular weight excluding hydrogens is 661 g/mol. The fourth-order valence-electron chi connectivity index (χ4n) is 5.58. The van der Waals surface area contributed by atoms with Gasteiger partial charge >= 0.3 is 6.09 Å². The summed E-state index contributed by atoms with van der Waals surface area (Å²) < 4.78 is 78.5. The zero-order valence-corrected chi connectivity index (χ0v) is 28.7. The van der Waals surface area contributed by atoms with E-state index in [1.165, 1.54) is 52.1 Å². The summed E-state index contributed by atoms with van der Waals surface area (Å²) in [5, 5.41) is 3.57. The maximum atomic E-state index is 15.3. The molecule has 1 aliphatic heterocycles. The van der Waals surface area contributed by atoms with E-state index < -0.39 is 56.9 Å². The van der Waals surface area contributed by atoms with Gasteiger partial charge in [0.05, 0.1) is 18.0 Å². The van der Waals surface area contributed by atoms with E-state index in [1.807, 2.05) is 13.8 Å². The number of sulfonamides is 1. The highest BCUT2D eigenvalue weighted by molar-refractivity contribution is 7.91. The molecule has 2 aromatic carbocycles. The normalized spacial score (nSPS) is 17.5. The average Bonchev–Trinajstić information content (AvgIpc) is 3.01. The van der Waals surface area contributed by atoms with Gasteiger partial charge < -0.3 is 15.0 Å². The number of hydrogen-bond donors (Lipinski definition) is 2. The van der Waals surface area contributed by atoms with Crippen molar-refractivity contribution in [1.82, 2.24) is 19.4 Å². The van der Waals surface area contributed by atoms with Crippen molar-refractivity contribution in [3.63, 3.8) is 0 Å². The van der Waals surface area contributed by atoms with Crippen LogP contribution in [-0.4, -0.2) is 64.9 Å². The van der Waals surface area contributed by atoms with Gasteiger partial charge in [-0.15, -0.1) is 0 Å². The smallest absolute Gasteiger partial charge is 0.410 e. The summed E-state index contributed by atoms with van der Waals surface area (Å²) in [6.45, 7) is 9.00. The Hall–Kier alpha value is -4.66. The number of likely N-dealkylation sites (tertiary alicyclic amines) is 1. The van der Waals surface area contributed by atoms with Crippen LogP contribution in [0.15, 0.2) is 59.5 Å². The Morgan fingerprint density at radius 2 is 1.84 bits per heavy atom. The summed E-state index contributed by atoms with van der Waals surface area (Å²) in [4.78, 5) is 36.8. The molecular formula is C34H39F3N6O5S. The van der Waals surface area contributed by atoms with Crippen molar-refractivity contribution in [3.8, 4) is 11.1 Å². The molecule has 49 heavy (non-hydrogen) atoms. The largest absolute Gasteiger partial charge is 0.444 e. The number of alkyl halides is 1. The summed E-state index contributed by atoms with van der Waals surface area (Å²) >= 11 is 0. The Morgan fingerprint density at radius 1 is 1.10 bits per heavy atom. The van der Waals surface area contributed by atoms with E-state index in [-0.39, 0.29) is 53.9 Å². The number of aromatic nitrogens is 3. The number of ether oxygens (including phenoxy) is 1. The van der Waals surface area contributed by atoms with Gasteiger partial charge in [0.15, 0.2) is 0 Å². The van der Waals surface area contributed by atoms with Gasteiger partial charge in [-0.05, 0) is 63.9 Å². The molecule has 5 rings (SSSR count). The van der Waals surface area contributed by atoms with Crippen LogP contribution < -0.4 is 15.6 Å². The lowest BCUT2D eigenvalue weighted by Crippen LogP contribution is -2.51. The lowest BCUT2D eigenvalue weighted by atomic mass is 10.0. The maximum absolute atomic E-state index is 15.3. The summed E-state index contributed by atoms with van der Waals surface area (Å²) in [6.07, 6.45) is 0.241. The Bertz CT molecular complexity index is 2040. The number of hydrogen-bond acceptors (Lipinski definition) is 8. The number of nitrogens with zero attached hydrogens (tertiary/aromatic N) is 4. The summed E-state index contributed by atoms with van der Waals surface area (Å²) in [7, 11) is -4.17. The molecule has 11 nitrogen and oxygen atoms in total. The van der Waals surface area contributed by atoms with Crippen LogP contribution in [-0.2, 0) is 20.5 Å². The molecule has 2 N–H and O–H groups in total. The quantitative estimate of drug-likeness (QED) is 0.205. The third kappa shape index (κ3) is 8.50. The van der Waals surface area contributed by atoms with Gasteiger partial charge in [-0.1, -0.05) is 31.2 Å². The number of fused-ring (bicyclic) bond motifs is 1. The highest BCUT2D eigenvalue weighted by atomic mass is 32.2. The van der Waals surface area contributed by atoms with Crippen molar-refractivity contribution in [2.45, 2.75) is 77.1 Å². The Morgan fingerprint density at radius 3 is 2.51 bits per heavy atom. The second kappa shape index (κ2) is 14.1. The van der Waals surface area contributed by atoms with E-state index >= 15 is 4.39 Å². The Balaban J connectivity index is 1.42. The molecule has 1 saturated heterocycles. The molecule has 262 valence electrons. The van der Waals surface area contributed by atoms with Crippen molar-refractivity contribution in [1.29, 1.82) is 0 Å². The second-order valence-electron chi connectivity index (χ2n) is 13.2. The van der Waals surface area contributed by atoms with Crippen LogP contribution >= 0.6 is 0 Å². The van der Waals surface area contributed by atoms with Gasteiger partial charge in [0.1, 0.15) is 29.1 Å². The molecule has 1 aliphatic rings. The highest BCUT2D eigenvalue weighted by Gasteiger charge is 2.33. The van der Waals surface area contributed by atoms with E-state index in [9.17, 15) is 26.8 Å². The predicted octanol–water partition coefficient (Wildman–Crippen LogP) is 6.41. The van der Waals surface area contributed by atoms with Crippen molar-refractivity contribution in [3.05, 3.63) is 82.3 Å². The van der Waals surface area contributed by atoms with Crippen LogP contribution in [0.5, 0.6) is 0 Å². The van der Waals surface area contributed by atoms with Crippen molar-refractivity contribution < 1.29 is 31.1 Å². The minimum absolute atomic E-state index is 0.0671. The van der Waals surface area contributed by atoms with E-state index in [1.54, 1.807) is 20.8 Å². The summed E-state index contributed by atoms with van der Waals surface area (Å²) in [5.41, 5.74) is -0.991. The van der Waals surface area contributed by atoms with Crippen molar-refractivity contribution >= 4 is 38.8 Å². The molecule has 0 saturated carbocycles. The van der Waals surface area contributed by atoms with Gasteiger partial charge in [0.25, 0.3) is 5.56 Å². The monoisotopic (exact) mass is 700 g/mol. The lowest BCUT2D eigenvalue weighted by Gasteiger charge is -2.36. The van der Waals surface area contributed by atoms with Crippen LogP contribution in [0.25, 0.3) is 22.2 Å². The van der Waals surface area contributed by atoms with E-state index in [0.29, 0.717) is 17.5 Å². The number of pyridine rings is 1. The molecule has 0 bridgehead atoms. The molecule has 3 heterocycles. The fraction of sp³-hybridized carbons (Fsp3) is 0.412. The molecule has 1 unspecified atom stereocenters. The number of rotatable bonds is 9. The summed E-state index contributed by atoms with van der Waals surface area (Å²) in [5.74, 6) is -2.19. The first-order valence-electron chi connectivity index (χ1n) is 15.9. The van der Waals surface area contributed by atoms with Gasteiger partial charge in [0, 0.05) is 47.8 Å². The van der Waals surface area contributed by atoms with Crippen LogP contribution in [0.1, 0.15) is 59.1 Å². The molecule has 1 fully saturated rings. The van der Waals surface area contributed by atoms with Gasteiger partial charge in [-0.2, -0.15) is 4.98 Å². The first-order chi connectivity index (χ1) is 23.0. The topological polar surface area (TPSA) is 136 Å². The predicted molar refractivity (Wildman–Crippen MR) is 182 cm³/mol. The molecule has 4 aromatic rings. The zero-order chi connectivity index (χ0) is 35.7. The number of anilines is 2. The molecule has 0 aliphatic carbocycles. The van der Waals surface area contributed by atoms with Crippen LogP contribution in [0.4, 0.5) is 29.6 Å². The molecule has 3 atom stereocenters. The highest BCUT2D eigenvalue weighted by Crippen LogP contribution is 2.28. The molecule has 0 radical (unpaired) electrons. The molecule has 15 heteroatoms. The van der Waals surface area contributed by atoms with E-state index in [2.05, 4.69) is 20.0 Å². The maximum Gasteiger partial charge on any atom is 0.410 e. The van der Waals surface area contributed by atoms with Crippen molar-refractivity contribution in [2.75, 3.05) is 23.1 Å². The van der Waals surface area contributed by atoms with Crippen molar-refractivity contribution in [2.24, 2.45) is 0 Å². The number of piperidine rings is 1. The first-order valence-corrected chi connectivity index (χ1v) is 17.5. The second-order valence-corrected chi connectivity index (χ2v) is 14.9. The van der Waals surface area contributed by atoms with E-state index in [4.69, 9.17) is 4.74 Å². The van der Waals surface area contributed by atoms with Crippen LogP contribution in [0, 0.1) is 11.6 Å². The van der Waals surface area contributed by atoms with Gasteiger partial charge in [-0.25, -0.2) is 31.4 Å². The standard InChI is InChI=1S/C34H39F3N6O5S/c1-6-20(2)43-30-23(16-38-32(40-30)39-25-15-24(35)17-42(18-25)33(45)48-34(3,4)5)13-26(31(43)44)21-11-12-29(28(37)14-21)41-49(46,47)19-22-9-7-8-10-27(22)36/h7-14,16,20,24-25,41H,6,15,17-19H2,1-5H3,(H,38,39,40)/t20?,24-,25-/m0/s1. The SMILES string of the molecule is CCC(C)n1c(=O)c(-c2ccc(NS(=O)(=O)Cc3ccccc3F)c(F)c2)cc2cnc(N[C@H]3C[C@H](F)CN(C(=O)OC(C)(C)C)C3)nc21. The third-order valence-electron chi connectivity index (χ3n) is 8.04. The molecule has 2 aromatic heterocycles. The zero-order valence-electron chi connectivity index (χ0n) is 27.8. The minimum atomic E-state index is -4.17. The number of carbonyl (C=O) groups is 1. The lowest BCUT2D eigenvalue weighted by molar-refractivity contribution is 0.0124. The van der Waals surface area contributed by atoms with Crippen LogP contribution in [0.2, 0.25) is 0 Å². The number of amides is 1. The average molecular weight is 701 g/mol. The molecule has 1 amide bonds. The number of benzene rings is 2. The van der Waals surface area contributed by atoms with E-state index in [0.717, 1.165) is 12.1 Å². The molecule has 0 spiro atoms. The fourth-order valence-corrected chi connectivity index (χ4v) is 6.79. The Kier molecular flexibility index (Phi) is 10.2. The third-order valence-corrected chi connectivity index (χ3v) is 9.26. The van der Waals surface area contributed by atoms with Crippen LogP contribution in [0.3, 0.4) is 0 Å². The number of nitrogens with one attached hydrogen (secondary N) is 2. The number of halogens is 3.